The first-order valence-electron chi connectivity index (χ1n) is 45.1. The van der Waals surface area contributed by atoms with Crippen molar-refractivity contribution in [3.05, 3.63) is 457 Å². The van der Waals surface area contributed by atoms with Gasteiger partial charge in [0, 0.05) is 165 Å². The molecule has 8 heteroatoms. The van der Waals surface area contributed by atoms with Gasteiger partial charge in [-0.05, 0) is 215 Å². The maximum absolute atomic E-state index is 7.24. The number of furan rings is 3. The van der Waals surface area contributed by atoms with Crippen molar-refractivity contribution < 1.29 is 13.3 Å². The Morgan fingerprint density at radius 2 is 0.469 bits per heavy atom. The molecule has 4 aromatic heterocycles. The summed E-state index contributed by atoms with van der Waals surface area (Å²) in [5, 5.41) is 4.79. The maximum Gasteiger partial charge on any atom is 0.139 e. The zero-order valence-corrected chi connectivity index (χ0v) is 74.5. The second kappa shape index (κ2) is 30.1. The van der Waals surface area contributed by atoms with Crippen LogP contribution in [-0.4, -0.2) is 0 Å². The van der Waals surface area contributed by atoms with Gasteiger partial charge in [-0.1, -0.05) is 292 Å². The second-order valence-corrected chi connectivity index (χ2v) is 38.1. The molecule has 0 bridgehead atoms. The summed E-state index contributed by atoms with van der Waals surface area (Å²) < 4.78 is 23.2. The van der Waals surface area contributed by atoms with Crippen LogP contribution in [0, 0.1) is 0 Å². The molecule has 0 N–H and O–H groups in total. The topological polar surface area (TPSA) is 52.4 Å². The minimum atomic E-state index is -0.345. The van der Waals surface area contributed by atoms with E-state index in [-0.39, 0.29) is 21.7 Å². The van der Waals surface area contributed by atoms with Gasteiger partial charge in [-0.25, -0.2) is 0 Å². The third-order valence-electron chi connectivity index (χ3n) is 28.0. The van der Waals surface area contributed by atoms with Crippen LogP contribution >= 0.6 is 11.3 Å². The fourth-order valence-electron chi connectivity index (χ4n) is 21.8. The van der Waals surface area contributed by atoms with Gasteiger partial charge in [0.05, 0.1) is 17.1 Å². The zero-order chi connectivity index (χ0) is 87.5. The molecule has 4 aliphatic carbocycles. The minimum Gasteiger partial charge on any atom is -0.456 e. The normalized spacial score (nSPS) is 13.9. The summed E-state index contributed by atoms with van der Waals surface area (Å²) in [4.78, 5) is 9.63. The molecule has 21 aromatic rings. The van der Waals surface area contributed by atoms with Gasteiger partial charge in [-0.2, -0.15) is 0 Å². The fraction of sp³-hybridized carbons (Fsp3) is 0.0984. The quantitative estimate of drug-likeness (QED) is 0.101. The summed E-state index contributed by atoms with van der Waals surface area (Å²) in [6, 6.07) is 149. The second-order valence-electron chi connectivity index (χ2n) is 37.0. The predicted molar refractivity (Wildman–Crippen MR) is 543 cm³/mol. The van der Waals surface area contributed by atoms with Crippen molar-refractivity contribution in [1.82, 2.24) is 0 Å². The molecule has 0 spiro atoms. The molecule has 0 fully saturated rings. The van der Waals surface area contributed by atoms with Gasteiger partial charge in [0.15, 0.2) is 0 Å². The zero-order valence-electron chi connectivity index (χ0n) is 73.7. The highest BCUT2D eigenvalue weighted by Gasteiger charge is 2.53. The molecule has 17 aromatic carbocycles. The van der Waals surface area contributed by atoms with Crippen molar-refractivity contribution in [3.8, 4) is 78.7 Å². The van der Waals surface area contributed by atoms with Gasteiger partial charge in [-0.15, -0.1) is 11.3 Å². The lowest BCUT2D eigenvalue weighted by atomic mass is 9.74. The lowest BCUT2D eigenvalue weighted by Crippen LogP contribution is -2.23. The number of hydrogen-bond donors (Lipinski definition) is 0. The SMILES string of the molecule is CC1(C)c2cc(N(c3ccccc3)c3ccc4oc5ccccc5c4c3)ccc2-c2oc3c(c21)C(C)(C)c1cc(N(c2ccccc2)c2ccccc2-c2ccccc2)ccc1-3.CC1(C)c2cc(N(c3ccccc3)c3ccccc3-c3ccccc3)ccc2-c2oc3c(c21)C(C)(C)c1cc(N(c2ccc4sc5ccccc5c4c2)c2ccccc2-c2ccccc2)ccc1-3. The fourth-order valence-corrected chi connectivity index (χ4v) is 22.9. The number of fused-ring (bicyclic) bond motifs is 20. The van der Waals surface area contributed by atoms with Crippen molar-refractivity contribution in [2.24, 2.45) is 0 Å². The highest BCUT2D eigenvalue weighted by atomic mass is 32.1. The lowest BCUT2D eigenvalue weighted by molar-refractivity contribution is 0.592. The van der Waals surface area contributed by atoms with E-state index in [1.807, 2.05) is 23.5 Å². The van der Waals surface area contributed by atoms with E-state index in [1.165, 1.54) is 115 Å². The third-order valence-corrected chi connectivity index (χ3v) is 29.2. The van der Waals surface area contributed by atoms with Crippen LogP contribution in [0.5, 0.6) is 0 Å². The Morgan fingerprint density at radius 1 is 0.192 bits per heavy atom. The Kier molecular flexibility index (Phi) is 18.1. The van der Waals surface area contributed by atoms with Crippen LogP contribution in [0.4, 0.5) is 68.2 Å². The van der Waals surface area contributed by atoms with Crippen molar-refractivity contribution >= 4 is 122 Å². The number of hydrogen-bond acceptors (Lipinski definition) is 8. The number of para-hydroxylation sites is 7. The van der Waals surface area contributed by atoms with Crippen LogP contribution in [0.15, 0.2) is 426 Å². The smallest absolute Gasteiger partial charge is 0.139 e. The molecule has 0 unspecified atom stereocenters. The molecule has 0 aliphatic heterocycles. The number of rotatable bonds is 15. The van der Waals surface area contributed by atoms with Crippen molar-refractivity contribution in [2.75, 3.05) is 19.6 Å². The van der Waals surface area contributed by atoms with Gasteiger partial charge in [-0.3, -0.25) is 0 Å². The summed E-state index contributed by atoms with van der Waals surface area (Å²) in [5.74, 6) is 3.97. The first-order chi connectivity index (χ1) is 63.5. The Hall–Kier alpha value is -15.5. The van der Waals surface area contributed by atoms with Crippen LogP contribution in [0.1, 0.15) is 99.9 Å². The minimum absolute atomic E-state index is 0.319. The van der Waals surface area contributed by atoms with E-state index < -0.39 is 0 Å². The van der Waals surface area contributed by atoms with Gasteiger partial charge >= 0.3 is 0 Å². The molecular weight excluding hydrogens is 1600 g/mol. The van der Waals surface area contributed by atoms with Crippen molar-refractivity contribution in [2.45, 2.75) is 77.0 Å². The van der Waals surface area contributed by atoms with E-state index in [2.05, 4.69) is 475 Å². The van der Waals surface area contributed by atoms with Gasteiger partial charge in [0.25, 0.3) is 0 Å². The maximum atomic E-state index is 7.24. The largest absolute Gasteiger partial charge is 0.456 e. The summed E-state index contributed by atoms with van der Waals surface area (Å²) in [7, 11) is 0. The highest BCUT2D eigenvalue weighted by molar-refractivity contribution is 7.25. The van der Waals surface area contributed by atoms with Crippen LogP contribution < -0.4 is 19.6 Å². The summed E-state index contributed by atoms with van der Waals surface area (Å²) in [6.07, 6.45) is 0. The molecule has 130 heavy (non-hydrogen) atoms. The van der Waals surface area contributed by atoms with Crippen LogP contribution in [-0.2, 0) is 21.7 Å². The first-order valence-corrected chi connectivity index (χ1v) is 45.9. The molecule has 0 atom stereocenters. The van der Waals surface area contributed by atoms with Gasteiger partial charge in [0.2, 0.25) is 0 Å². The van der Waals surface area contributed by atoms with E-state index in [1.54, 1.807) is 0 Å². The van der Waals surface area contributed by atoms with Crippen molar-refractivity contribution in [3.63, 3.8) is 0 Å². The number of thiophene rings is 1. The molecule has 0 radical (unpaired) electrons. The third kappa shape index (κ3) is 12.3. The number of anilines is 12. The molecule has 624 valence electrons. The number of nitrogens with zero attached hydrogens (tertiary/aromatic N) is 4. The Morgan fingerprint density at radius 3 is 0.877 bits per heavy atom. The molecule has 0 saturated carbocycles. The van der Waals surface area contributed by atoms with Crippen LogP contribution in [0.25, 0.3) is 121 Å². The van der Waals surface area contributed by atoms with E-state index in [0.29, 0.717) is 0 Å². The number of benzene rings is 17. The van der Waals surface area contributed by atoms with Gasteiger partial charge < -0.3 is 32.9 Å². The van der Waals surface area contributed by atoms with E-state index in [4.69, 9.17) is 13.3 Å². The summed E-state index contributed by atoms with van der Waals surface area (Å²) in [6.45, 7) is 19.1. The standard InChI is InChI=1S/C64H48N2OS.C58H44N2O2/c1-63(2)53-39-45(65(43-24-12-7-13-25-43)55-29-17-14-26-47(55)41-20-8-5-9-21-41)32-35-50(53)61-59(63)60-62(67-61)51-36-33-46(40-54(51)64(60,3)4)66(56-30-18-15-27-48(56)42-22-10-6-11-23-42)44-34-37-58-52(38-44)49-28-16-19-31-57(49)68-58;1-57(2)48-35-41(59(38-20-10-6-11-21-38)40-30-33-52-47(34-40)44-25-15-17-27-51(44)61-52)28-31-45(48)55-53(57)54-56(62-55)46-32-29-42(36-49(46)58(54,3)4)60(39-22-12-7-13-23-39)50-26-16-14-24-43(50)37-18-8-5-9-19-37/h5-40H,1-4H3;5-36H,1-4H3. The Balaban J connectivity index is 0.000000145. The van der Waals surface area contributed by atoms with E-state index in [9.17, 15) is 0 Å². The van der Waals surface area contributed by atoms with E-state index in [0.717, 1.165) is 119 Å². The van der Waals surface area contributed by atoms with Crippen molar-refractivity contribution in [1.29, 1.82) is 0 Å². The lowest BCUT2D eigenvalue weighted by Gasteiger charge is -2.31. The summed E-state index contributed by atoms with van der Waals surface area (Å²) in [5.41, 5.74) is 35.8. The highest BCUT2D eigenvalue weighted by Crippen LogP contribution is 2.65. The molecule has 4 heterocycles. The molecule has 25 rings (SSSR count). The average Bonchev–Trinajstić information content (AvgIpc) is 1.52. The van der Waals surface area contributed by atoms with Gasteiger partial charge in [0.1, 0.15) is 34.2 Å². The average molecular weight is 1690 g/mol. The Bertz CT molecular complexity index is 8060. The first kappa shape index (κ1) is 78.0. The summed E-state index contributed by atoms with van der Waals surface area (Å²) >= 11 is 1.86. The van der Waals surface area contributed by atoms with E-state index >= 15 is 0 Å². The molecule has 0 saturated heterocycles. The molecule has 4 aliphatic rings. The Labute approximate surface area is 761 Å². The van der Waals surface area contributed by atoms with Crippen LogP contribution in [0.2, 0.25) is 0 Å². The molecule has 0 amide bonds. The monoisotopic (exact) mass is 1690 g/mol. The predicted octanol–water partition coefficient (Wildman–Crippen LogP) is 34.9. The molecular formula is C122H92N4O3S. The molecule has 7 nitrogen and oxygen atoms in total. The van der Waals surface area contributed by atoms with Crippen LogP contribution in [0.3, 0.4) is 0 Å².